The molecule has 1 unspecified atom stereocenters. The average molecular weight is 390 g/mol. The summed E-state index contributed by atoms with van der Waals surface area (Å²) in [5.41, 5.74) is 2.79. The Morgan fingerprint density at radius 1 is 1.07 bits per heavy atom. The van der Waals surface area contributed by atoms with E-state index in [0.717, 1.165) is 11.1 Å². The van der Waals surface area contributed by atoms with E-state index in [2.05, 4.69) is 5.32 Å². The van der Waals surface area contributed by atoms with E-state index in [9.17, 15) is 9.59 Å². The van der Waals surface area contributed by atoms with Gasteiger partial charge in [0.15, 0.2) is 6.10 Å². The van der Waals surface area contributed by atoms with Crippen LogP contribution >= 0.6 is 11.6 Å². The van der Waals surface area contributed by atoms with Gasteiger partial charge in [-0.2, -0.15) is 0 Å². The van der Waals surface area contributed by atoms with Gasteiger partial charge >= 0.3 is 5.97 Å². The molecule has 0 heterocycles. The molecule has 0 aliphatic carbocycles. The van der Waals surface area contributed by atoms with Crippen LogP contribution in [0.4, 0.5) is 5.69 Å². The number of rotatable bonds is 7. The minimum Gasteiger partial charge on any atom is -0.481 e. The van der Waals surface area contributed by atoms with Crippen molar-refractivity contribution in [2.24, 2.45) is 0 Å². The Hall–Kier alpha value is -2.53. The highest BCUT2D eigenvalue weighted by molar-refractivity contribution is 6.33. The Morgan fingerprint density at radius 2 is 1.74 bits per heavy atom. The van der Waals surface area contributed by atoms with Gasteiger partial charge in [0.2, 0.25) is 0 Å². The zero-order valence-electron chi connectivity index (χ0n) is 16.0. The molecule has 5 nitrogen and oxygen atoms in total. The smallest absolute Gasteiger partial charge is 0.339 e. The third-order valence-corrected chi connectivity index (χ3v) is 4.20. The summed E-state index contributed by atoms with van der Waals surface area (Å²) in [6.07, 6.45) is -0.162. The van der Waals surface area contributed by atoms with Crippen molar-refractivity contribution in [3.05, 3.63) is 58.1 Å². The van der Waals surface area contributed by atoms with Gasteiger partial charge in [0.05, 0.1) is 17.2 Å². The third-order valence-electron chi connectivity index (χ3n) is 3.87. The van der Waals surface area contributed by atoms with E-state index in [4.69, 9.17) is 21.1 Å². The van der Waals surface area contributed by atoms with E-state index in [1.807, 2.05) is 39.0 Å². The highest BCUT2D eigenvalue weighted by Gasteiger charge is 2.20. The summed E-state index contributed by atoms with van der Waals surface area (Å²) in [6.45, 7) is 7.79. The minimum absolute atomic E-state index is 0.208. The fraction of sp³-hybridized carbons (Fsp3) is 0.333. The molecule has 27 heavy (non-hydrogen) atoms. The van der Waals surface area contributed by atoms with Crippen LogP contribution in [0, 0.1) is 13.8 Å². The first-order chi connectivity index (χ1) is 12.8. The molecule has 0 aliphatic heterocycles. The molecule has 1 atom stereocenters. The number of ether oxygens (including phenoxy) is 2. The largest absolute Gasteiger partial charge is 0.481 e. The number of carbonyl (C=O) groups is 2. The standard InChI is InChI=1S/C21H24ClNO4/c1-5-19(27-16-10-13(3)9-14(4)11-16)20(24)23-15-7-8-18(22)17(12-15)21(25)26-6-2/h7-12,19H,5-6H2,1-4H3,(H,23,24). The summed E-state index contributed by atoms with van der Waals surface area (Å²) >= 11 is 6.05. The van der Waals surface area contributed by atoms with Gasteiger partial charge in [0, 0.05) is 5.69 Å². The number of esters is 1. The molecule has 2 aromatic rings. The van der Waals surface area contributed by atoms with E-state index in [1.54, 1.807) is 19.1 Å². The molecule has 0 saturated heterocycles. The summed E-state index contributed by atoms with van der Waals surface area (Å²) in [7, 11) is 0. The second kappa shape index (κ2) is 9.42. The number of hydrogen-bond acceptors (Lipinski definition) is 4. The number of anilines is 1. The average Bonchev–Trinajstić information content (AvgIpc) is 2.60. The Balaban J connectivity index is 2.14. The molecule has 144 valence electrons. The SMILES string of the molecule is CCOC(=O)c1cc(NC(=O)C(CC)Oc2cc(C)cc(C)c2)ccc1Cl. The lowest BCUT2D eigenvalue weighted by molar-refractivity contribution is -0.122. The predicted octanol–water partition coefficient (Wildman–Crippen LogP) is 4.93. The predicted molar refractivity (Wildman–Crippen MR) is 107 cm³/mol. The number of amides is 1. The molecule has 1 N–H and O–H groups in total. The zero-order valence-corrected chi connectivity index (χ0v) is 16.7. The number of benzene rings is 2. The molecule has 2 aromatic carbocycles. The highest BCUT2D eigenvalue weighted by Crippen LogP contribution is 2.23. The lowest BCUT2D eigenvalue weighted by Crippen LogP contribution is -2.32. The van der Waals surface area contributed by atoms with Gasteiger partial charge in [-0.1, -0.05) is 24.6 Å². The van der Waals surface area contributed by atoms with E-state index < -0.39 is 12.1 Å². The fourth-order valence-corrected chi connectivity index (χ4v) is 2.87. The molecule has 0 aliphatic rings. The first kappa shape index (κ1) is 20.8. The number of aryl methyl sites for hydroxylation is 2. The van der Waals surface area contributed by atoms with Gasteiger partial charge in [0.1, 0.15) is 5.75 Å². The molecular weight excluding hydrogens is 366 g/mol. The maximum Gasteiger partial charge on any atom is 0.339 e. The Labute approximate surface area is 164 Å². The van der Waals surface area contributed by atoms with Gasteiger partial charge in [-0.3, -0.25) is 4.79 Å². The second-order valence-corrected chi connectivity index (χ2v) is 6.65. The summed E-state index contributed by atoms with van der Waals surface area (Å²) in [6, 6.07) is 10.5. The zero-order chi connectivity index (χ0) is 20.0. The number of hydrogen-bond donors (Lipinski definition) is 1. The Morgan fingerprint density at radius 3 is 2.33 bits per heavy atom. The first-order valence-electron chi connectivity index (χ1n) is 8.86. The summed E-state index contributed by atoms with van der Waals surface area (Å²) in [5.74, 6) is -0.177. The van der Waals surface area contributed by atoms with Gasteiger partial charge in [-0.05, 0) is 68.7 Å². The van der Waals surface area contributed by atoms with Crippen molar-refractivity contribution >= 4 is 29.2 Å². The molecule has 0 saturated carbocycles. The molecular formula is C21H24ClNO4. The molecule has 0 aromatic heterocycles. The molecule has 0 bridgehead atoms. The number of halogens is 1. The minimum atomic E-state index is -0.659. The maximum absolute atomic E-state index is 12.6. The third kappa shape index (κ3) is 5.73. The second-order valence-electron chi connectivity index (χ2n) is 6.24. The van der Waals surface area contributed by atoms with Crippen LogP contribution in [0.5, 0.6) is 5.75 Å². The van der Waals surface area contributed by atoms with E-state index in [0.29, 0.717) is 17.9 Å². The van der Waals surface area contributed by atoms with Crippen LogP contribution in [0.15, 0.2) is 36.4 Å². The topological polar surface area (TPSA) is 64.6 Å². The van der Waals surface area contributed by atoms with Crippen molar-refractivity contribution in [3.63, 3.8) is 0 Å². The van der Waals surface area contributed by atoms with Crippen molar-refractivity contribution in [2.45, 2.75) is 40.2 Å². The lowest BCUT2D eigenvalue weighted by atomic mass is 10.1. The van der Waals surface area contributed by atoms with Crippen LogP contribution in [-0.4, -0.2) is 24.6 Å². The quantitative estimate of drug-likeness (QED) is 0.682. The lowest BCUT2D eigenvalue weighted by Gasteiger charge is -2.18. The monoisotopic (exact) mass is 389 g/mol. The Bertz CT molecular complexity index is 815. The van der Waals surface area contributed by atoms with Gasteiger partial charge in [-0.25, -0.2) is 4.79 Å². The van der Waals surface area contributed by atoms with Gasteiger partial charge < -0.3 is 14.8 Å². The van der Waals surface area contributed by atoms with E-state index in [-0.39, 0.29) is 23.1 Å². The maximum atomic E-state index is 12.6. The van der Waals surface area contributed by atoms with Crippen LogP contribution in [-0.2, 0) is 9.53 Å². The van der Waals surface area contributed by atoms with Crippen LogP contribution in [0.25, 0.3) is 0 Å². The summed E-state index contributed by atoms with van der Waals surface area (Å²) in [4.78, 5) is 24.6. The molecule has 2 rings (SSSR count). The fourth-order valence-electron chi connectivity index (χ4n) is 2.68. The first-order valence-corrected chi connectivity index (χ1v) is 9.24. The van der Waals surface area contributed by atoms with Crippen molar-refractivity contribution < 1.29 is 19.1 Å². The van der Waals surface area contributed by atoms with Crippen molar-refractivity contribution in [3.8, 4) is 5.75 Å². The molecule has 0 fully saturated rings. The van der Waals surface area contributed by atoms with Crippen LogP contribution in [0.1, 0.15) is 41.8 Å². The van der Waals surface area contributed by atoms with Gasteiger partial charge in [0.25, 0.3) is 5.91 Å². The number of nitrogens with one attached hydrogen (secondary N) is 1. The van der Waals surface area contributed by atoms with Crippen LogP contribution < -0.4 is 10.1 Å². The molecule has 6 heteroatoms. The molecule has 1 amide bonds. The molecule has 0 radical (unpaired) electrons. The normalized spacial score (nSPS) is 11.6. The van der Waals surface area contributed by atoms with Crippen LogP contribution in [0.2, 0.25) is 5.02 Å². The van der Waals surface area contributed by atoms with Crippen molar-refractivity contribution in [2.75, 3.05) is 11.9 Å². The van der Waals surface area contributed by atoms with E-state index in [1.165, 1.54) is 6.07 Å². The highest BCUT2D eigenvalue weighted by atomic mass is 35.5. The van der Waals surface area contributed by atoms with E-state index >= 15 is 0 Å². The van der Waals surface area contributed by atoms with Crippen molar-refractivity contribution in [1.82, 2.24) is 0 Å². The Kier molecular flexibility index (Phi) is 7.25. The molecule has 0 spiro atoms. The number of carbonyl (C=O) groups excluding carboxylic acids is 2. The summed E-state index contributed by atoms with van der Waals surface area (Å²) < 4.78 is 10.8. The van der Waals surface area contributed by atoms with Crippen LogP contribution in [0.3, 0.4) is 0 Å². The van der Waals surface area contributed by atoms with Gasteiger partial charge in [-0.15, -0.1) is 0 Å². The van der Waals surface area contributed by atoms with Crippen molar-refractivity contribution in [1.29, 1.82) is 0 Å². The summed E-state index contributed by atoms with van der Waals surface area (Å²) in [5, 5.41) is 3.05.